The zero-order valence-electron chi connectivity index (χ0n) is 16.7. The monoisotopic (exact) mass is 390 g/mol. The standard InChI is InChI=1S/C24H26N2O3/c1-2-16-11-13-18(14-12-16)25-24(28)23-22(19-9-5-6-10-20(19)29-23)26-21(27)15-17-7-3-4-8-17/h5-6,9-14,17H,2-4,7-8,15H2,1H3,(H,25,28)(H,26,27). The van der Waals surface area contributed by atoms with E-state index in [1.165, 1.54) is 18.4 Å². The van der Waals surface area contributed by atoms with Gasteiger partial charge in [-0.15, -0.1) is 0 Å². The molecule has 0 aliphatic heterocycles. The Hall–Kier alpha value is -3.08. The summed E-state index contributed by atoms with van der Waals surface area (Å²) in [5, 5.41) is 6.56. The van der Waals surface area contributed by atoms with Crippen LogP contribution in [-0.4, -0.2) is 11.8 Å². The molecule has 1 fully saturated rings. The summed E-state index contributed by atoms with van der Waals surface area (Å²) in [4.78, 5) is 25.6. The molecule has 5 nitrogen and oxygen atoms in total. The van der Waals surface area contributed by atoms with E-state index in [1.807, 2.05) is 42.5 Å². The molecule has 1 aliphatic carbocycles. The fourth-order valence-corrected chi connectivity index (χ4v) is 4.01. The highest BCUT2D eigenvalue weighted by atomic mass is 16.3. The van der Waals surface area contributed by atoms with E-state index < -0.39 is 0 Å². The van der Waals surface area contributed by atoms with Gasteiger partial charge in [0.25, 0.3) is 5.91 Å². The first kappa shape index (κ1) is 19.2. The Morgan fingerprint density at radius 1 is 1.00 bits per heavy atom. The van der Waals surface area contributed by atoms with E-state index in [2.05, 4.69) is 17.6 Å². The van der Waals surface area contributed by atoms with Crippen molar-refractivity contribution in [1.82, 2.24) is 0 Å². The van der Waals surface area contributed by atoms with Gasteiger partial charge in [0.2, 0.25) is 11.7 Å². The first-order valence-electron chi connectivity index (χ1n) is 10.4. The normalized spacial score (nSPS) is 14.2. The highest BCUT2D eigenvalue weighted by molar-refractivity contribution is 6.14. The number of anilines is 2. The van der Waals surface area contributed by atoms with Crippen molar-refractivity contribution < 1.29 is 14.0 Å². The third-order valence-electron chi connectivity index (χ3n) is 5.63. The van der Waals surface area contributed by atoms with Crippen molar-refractivity contribution in [2.45, 2.75) is 45.4 Å². The zero-order chi connectivity index (χ0) is 20.2. The van der Waals surface area contributed by atoms with Crippen LogP contribution in [0, 0.1) is 5.92 Å². The van der Waals surface area contributed by atoms with Crippen molar-refractivity contribution >= 4 is 34.2 Å². The number of amides is 2. The van der Waals surface area contributed by atoms with Crippen LogP contribution in [0.4, 0.5) is 11.4 Å². The predicted octanol–water partition coefficient (Wildman–Crippen LogP) is 5.77. The van der Waals surface area contributed by atoms with Crippen LogP contribution >= 0.6 is 0 Å². The van der Waals surface area contributed by atoms with E-state index in [0.29, 0.717) is 29.3 Å². The second kappa shape index (κ2) is 8.52. The maximum atomic E-state index is 12.9. The average Bonchev–Trinajstić information content (AvgIpc) is 3.37. The summed E-state index contributed by atoms with van der Waals surface area (Å²) in [5.41, 5.74) is 2.92. The third kappa shape index (κ3) is 4.34. The summed E-state index contributed by atoms with van der Waals surface area (Å²) < 4.78 is 5.82. The number of nitrogens with one attached hydrogen (secondary N) is 2. The minimum atomic E-state index is -0.374. The van der Waals surface area contributed by atoms with Gasteiger partial charge in [0.1, 0.15) is 11.3 Å². The van der Waals surface area contributed by atoms with Gasteiger partial charge in [-0.05, 0) is 55.0 Å². The molecular weight excluding hydrogens is 364 g/mol. The number of hydrogen-bond donors (Lipinski definition) is 2. The molecule has 0 radical (unpaired) electrons. The Balaban J connectivity index is 1.58. The molecule has 2 amide bonds. The Bertz CT molecular complexity index is 1010. The van der Waals surface area contributed by atoms with Crippen LogP contribution in [0.2, 0.25) is 0 Å². The van der Waals surface area contributed by atoms with Gasteiger partial charge in [-0.3, -0.25) is 9.59 Å². The van der Waals surface area contributed by atoms with Crippen LogP contribution in [0.25, 0.3) is 11.0 Å². The molecule has 3 aromatic rings. The Morgan fingerprint density at radius 2 is 1.72 bits per heavy atom. The number of furan rings is 1. The molecule has 0 atom stereocenters. The van der Waals surface area contributed by atoms with Crippen LogP contribution in [0.15, 0.2) is 52.9 Å². The molecule has 2 N–H and O–H groups in total. The van der Waals surface area contributed by atoms with Gasteiger partial charge < -0.3 is 15.1 Å². The molecule has 1 aromatic heterocycles. The van der Waals surface area contributed by atoms with Gasteiger partial charge >= 0.3 is 0 Å². The van der Waals surface area contributed by atoms with Crippen molar-refractivity contribution in [3.8, 4) is 0 Å². The minimum Gasteiger partial charge on any atom is -0.449 e. The number of hydrogen-bond acceptors (Lipinski definition) is 3. The van der Waals surface area contributed by atoms with Gasteiger partial charge in [0, 0.05) is 17.5 Å². The zero-order valence-corrected chi connectivity index (χ0v) is 16.7. The van der Waals surface area contributed by atoms with Crippen LogP contribution in [0.1, 0.15) is 55.1 Å². The predicted molar refractivity (Wildman–Crippen MR) is 115 cm³/mol. The second-order valence-electron chi connectivity index (χ2n) is 7.71. The molecule has 29 heavy (non-hydrogen) atoms. The van der Waals surface area contributed by atoms with E-state index in [9.17, 15) is 9.59 Å². The molecule has 0 unspecified atom stereocenters. The smallest absolute Gasteiger partial charge is 0.293 e. The van der Waals surface area contributed by atoms with E-state index in [1.54, 1.807) is 6.07 Å². The van der Waals surface area contributed by atoms with Gasteiger partial charge in [-0.2, -0.15) is 0 Å². The Labute approximate surface area is 170 Å². The molecule has 1 aliphatic rings. The van der Waals surface area contributed by atoms with Crippen molar-refractivity contribution in [2.24, 2.45) is 5.92 Å². The maximum absolute atomic E-state index is 12.9. The quantitative estimate of drug-likeness (QED) is 0.561. The lowest BCUT2D eigenvalue weighted by Gasteiger charge is -2.10. The lowest BCUT2D eigenvalue weighted by Crippen LogP contribution is -2.18. The molecular formula is C24H26N2O3. The molecule has 150 valence electrons. The summed E-state index contributed by atoms with van der Waals surface area (Å²) in [7, 11) is 0. The molecule has 5 heteroatoms. The largest absolute Gasteiger partial charge is 0.449 e. The fourth-order valence-electron chi connectivity index (χ4n) is 4.01. The molecule has 1 saturated carbocycles. The molecule has 0 saturated heterocycles. The second-order valence-corrected chi connectivity index (χ2v) is 7.71. The Morgan fingerprint density at radius 3 is 2.45 bits per heavy atom. The first-order chi connectivity index (χ1) is 14.1. The van der Waals surface area contributed by atoms with Crippen molar-refractivity contribution in [3.63, 3.8) is 0 Å². The van der Waals surface area contributed by atoms with Gasteiger partial charge in [0.05, 0.1) is 0 Å². The maximum Gasteiger partial charge on any atom is 0.293 e. The van der Waals surface area contributed by atoms with Crippen LogP contribution < -0.4 is 10.6 Å². The molecule has 0 spiro atoms. The van der Waals surface area contributed by atoms with E-state index in [-0.39, 0.29) is 17.6 Å². The lowest BCUT2D eigenvalue weighted by atomic mass is 10.0. The molecule has 4 rings (SSSR count). The topological polar surface area (TPSA) is 71.3 Å². The molecule has 1 heterocycles. The van der Waals surface area contributed by atoms with Crippen molar-refractivity contribution in [2.75, 3.05) is 10.6 Å². The lowest BCUT2D eigenvalue weighted by molar-refractivity contribution is -0.117. The summed E-state index contributed by atoms with van der Waals surface area (Å²) in [6, 6.07) is 15.1. The van der Waals surface area contributed by atoms with Gasteiger partial charge in [-0.25, -0.2) is 0 Å². The highest BCUT2D eigenvalue weighted by Crippen LogP contribution is 2.33. The molecule has 2 aromatic carbocycles. The molecule has 0 bridgehead atoms. The number of carbonyl (C=O) groups excluding carboxylic acids is 2. The van der Waals surface area contributed by atoms with E-state index >= 15 is 0 Å². The van der Waals surface area contributed by atoms with Crippen LogP contribution in [-0.2, 0) is 11.2 Å². The number of fused-ring (bicyclic) bond motifs is 1. The first-order valence-corrected chi connectivity index (χ1v) is 10.4. The Kier molecular flexibility index (Phi) is 5.65. The number of para-hydroxylation sites is 1. The number of benzene rings is 2. The number of carbonyl (C=O) groups is 2. The number of aryl methyl sites for hydroxylation is 1. The van der Waals surface area contributed by atoms with Crippen molar-refractivity contribution in [1.29, 1.82) is 0 Å². The van der Waals surface area contributed by atoms with E-state index in [4.69, 9.17) is 4.42 Å². The van der Waals surface area contributed by atoms with E-state index in [0.717, 1.165) is 24.6 Å². The SMILES string of the molecule is CCc1ccc(NC(=O)c2oc3ccccc3c2NC(=O)CC2CCCC2)cc1. The van der Waals surface area contributed by atoms with Crippen LogP contribution in [0.3, 0.4) is 0 Å². The van der Waals surface area contributed by atoms with Crippen molar-refractivity contribution in [3.05, 3.63) is 59.9 Å². The van der Waals surface area contributed by atoms with Crippen LogP contribution in [0.5, 0.6) is 0 Å². The summed E-state index contributed by atoms with van der Waals surface area (Å²) in [5.74, 6) is 0.125. The summed E-state index contributed by atoms with van der Waals surface area (Å²) >= 11 is 0. The average molecular weight is 390 g/mol. The minimum absolute atomic E-state index is 0.0650. The highest BCUT2D eigenvalue weighted by Gasteiger charge is 2.24. The van der Waals surface area contributed by atoms with Gasteiger partial charge in [-0.1, -0.05) is 44.0 Å². The summed E-state index contributed by atoms with van der Waals surface area (Å²) in [6.45, 7) is 2.09. The third-order valence-corrected chi connectivity index (χ3v) is 5.63. The van der Waals surface area contributed by atoms with Gasteiger partial charge in [0.15, 0.2) is 0 Å². The fraction of sp³-hybridized carbons (Fsp3) is 0.333. The summed E-state index contributed by atoms with van der Waals surface area (Å²) in [6.07, 6.45) is 6.00. The number of rotatable bonds is 6.